The van der Waals surface area contributed by atoms with Crippen molar-refractivity contribution in [3.8, 4) is 5.75 Å². The maximum atomic E-state index is 11.2. The first-order chi connectivity index (χ1) is 6.95. The molecular weight excluding hydrogens is 218 g/mol. The summed E-state index contributed by atoms with van der Waals surface area (Å²) in [6.07, 6.45) is 1.48. The quantitative estimate of drug-likeness (QED) is 0.724. The Hall–Kier alpha value is -1.11. The van der Waals surface area contributed by atoms with Crippen LogP contribution in [0.4, 0.5) is 0 Å². The Bertz CT molecular complexity index is 441. The van der Waals surface area contributed by atoms with Gasteiger partial charge < -0.3 is 9.94 Å². The molecule has 0 unspecified atom stereocenters. The van der Waals surface area contributed by atoms with E-state index in [9.17, 15) is 13.5 Å². The van der Waals surface area contributed by atoms with Crippen LogP contribution in [0.5, 0.6) is 5.75 Å². The molecule has 0 heterocycles. The van der Waals surface area contributed by atoms with E-state index in [0.717, 1.165) is 6.26 Å². The molecule has 3 N–H and O–H groups in total. The second-order valence-corrected chi connectivity index (χ2v) is 5.20. The van der Waals surface area contributed by atoms with Crippen molar-refractivity contribution in [2.24, 2.45) is 5.90 Å². The van der Waals surface area contributed by atoms with Crippen molar-refractivity contribution >= 4 is 9.84 Å². The zero-order valence-corrected chi connectivity index (χ0v) is 9.12. The summed E-state index contributed by atoms with van der Waals surface area (Å²) >= 11 is 0. The van der Waals surface area contributed by atoms with Crippen LogP contribution >= 0.6 is 0 Å². The minimum atomic E-state index is -3.25. The van der Waals surface area contributed by atoms with Crippen molar-refractivity contribution in [3.63, 3.8) is 0 Å². The molecule has 1 aromatic rings. The predicted octanol–water partition coefficient (Wildman–Crippen LogP) is 0.229. The number of phenols is 1. The van der Waals surface area contributed by atoms with E-state index in [1.807, 2.05) is 0 Å². The van der Waals surface area contributed by atoms with Crippen molar-refractivity contribution < 1.29 is 18.4 Å². The maximum absolute atomic E-state index is 11.2. The number of phenolic OH excluding ortho intramolecular Hbond substituents is 1. The maximum Gasteiger partial charge on any atom is 0.175 e. The molecule has 0 radical (unpaired) electrons. The van der Waals surface area contributed by atoms with Crippen molar-refractivity contribution in [2.45, 2.75) is 11.3 Å². The highest BCUT2D eigenvalue weighted by Crippen LogP contribution is 2.21. The van der Waals surface area contributed by atoms with Gasteiger partial charge >= 0.3 is 0 Å². The summed E-state index contributed by atoms with van der Waals surface area (Å²) in [7, 11) is -3.25. The molecule has 0 atom stereocenters. The van der Waals surface area contributed by atoms with Gasteiger partial charge in [0.2, 0.25) is 0 Å². The number of benzene rings is 1. The molecule has 1 aromatic carbocycles. The lowest BCUT2D eigenvalue weighted by Gasteiger charge is -2.05. The summed E-state index contributed by atoms with van der Waals surface area (Å²) in [5.74, 6) is 4.89. The van der Waals surface area contributed by atoms with E-state index in [0.29, 0.717) is 12.0 Å². The topological polar surface area (TPSA) is 89.6 Å². The van der Waals surface area contributed by atoms with E-state index in [1.54, 1.807) is 0 Å². The van der Waals surface area contributed by atoms with Gasteiger partial charge in [-0.05, 0) is 23.8 Å². The van der Waals surface area contributed by atoms with Gasteiger partial charge in [0, 0.05) is 12.7 Å². The first-order valence-corrected chi connectivity index (χ1v) is 6.18. The molecule has 0 spiro atoms. The third kappa shape index (κ3) is 3.19. The molecular formula is C9H13NO4S. The summed E-state index contributed by atoms with van der Waals surface area (Å²) in [6, 6.07) is 4.13. The highest BCUT2D eigenvalue weighted by Gasteiger charge is 2.10. The molecule has 0 saturated heterocycles. The zero-order valence-electron chi connectivity index (χ0n) is 8.30. The van der Waals surface area contributed by atoms with Crippen LogP contribution in [0.25, 0.3) is 0 Å². The van der Waals surface area contributed by atoms with Gasteiger partial charge in [-0.25, -0.2) is 14.3 Å². The Morgan fingerprint density at radius 3 is 2.67 bits per heavy atom. The lowest BCUT2D eigenvalue weighted by molar-refractivity contribution is 0.140. The Morgan fingerprint density at radius 2 is 2.13 bits per heavy atom. The Labute approximate surface area is 88.4 Å². The minimum absolute atomic E-state index is 0.0412. The smallest absolute Gasteiger partial charge is 0.175 e. The highest BCUT2D eigenvalue weighted by atomic mass is 32.2. The highest BCUT2D eigenvalue weighted by molar-refractivity contribution is 7.90. The fourth-order valence-electron chi connectivity index (χ4n) is 1.16. The molecule has 0 aliphatic rings. The summed E-state index contributed by atoms with van der Waals surface area (Å²) in [4.78, 5) is 4.54. The molecule has 84 valence electrons. The second-order valence-electron chi connectivity index (χ2n) is 3.18. The van der Waals surface area contributed by atoms with Crippen LogP contribution in [0.2, 0.25) is 0 Å². The standard InChI is InChI=1S/C9H13NO4S/c1-15(12,13)8-2-3-9(11)7(6-8)4-5-14-10/h2-3,6,11H,4-5,10H2,1H3. The van der Waals surface area contributed by atoms with Gasteiger partial charge in [0.15, 0.2) is 9.84 Å². The number of hydrogen-bond acceptors (Lipinski definition) is 5. The molecule has 0 bridgehead atoms. The Morgan fingerprint density at radius 1 is 1.47 bits per heavy atom. The van der Waals surface area contributed by atoms with E-state index < -0.39 is 9.84 Å². The average Bonchev–Trinajstić information content (AvgIpc) is 2.15. The molecule has 6 heteroatoms. The number of sulfone groups is 1. The summed E-state index contributed by atoms with van der Waals surface area (Å²) in [6.45, 7) is 0.223. The molecule has 5 nitrogen and oxygen atoms in total. The zero-order chi connectivity index (χ0) is 11.5. The van der Waals surface area contributed by atoms with Gasteiger partial charge in [-0.2, -0.15) is 0 Å². The monoisotopic (exact) mass is 231 g/mol. The average molecular weight is 231 g/mol. The second kappa shape index (κ2) is 4.61. The number of rotatable bonds is 4. The molecule has 0 aromatic heterocycles. The Kier molecular flexibility index (Phi) is 3.67. The minimum Gasteiger partial charge on any atom is -0.508 e. The van der Waals surface area contributed by atoms with Gasteiger partial charge in [0.25, 0.3) is 0 Å². The molecule has 15 heavy (non-hydrogen) atoms. The van der Waals surface area contributed by atoms with Crippen LogP contribution in [-0.2, 0) is 21.1 Å². The summed E-state index contributed by atoms with van der Waals surface area (Å²) in [5, 5.41) is 9.44. The van der Waals surface area contributed by atoms with Crippen LogP contribution in [-0.4, -0.2) is 26.4 Å². The van der Waals surface area contributed by atoms with Crippen LogP contribution in [0.3, 0.4) is 0 Å². The van der Waals surface area contributed by atoms with Crippen molar-refractivity contribution in [2.75, 3.05) is 12.9 Å². The van der Waals surface area contributed by atoms with E-state index in [4.69, 9.17) is 5.90 Å². The van der Waals surface area contributed by atoms with Crippen molar-refractivity contribution in [3.05, 3.63) is 23.8 Å². The molecule has 1 rings (SSSR count). The fraction of sp³-hybridized carbons (Fsp3) is 0.333. The normalized spacial score (nSPS) is 11.6. The summed E-state index contributed by atoms with van der Waals surface area (Å²) < 4.78 is 22.5. The third-order valence-electron chi connectivity index (χ3n) is 1.97. The van der Waals surface area contributed by atoms with Crippen LogP contribution in [0.1, 0.15) is 5.56 Å². The van der Waals surface area contributed by atoms with Gasteiger partial charge in [0.1, 0.15) is 5.75 Å². The SMILES string of the molecule is CS(=O)(=O)c1ccc(O)c(CCON)c1. The van der Waals surface area contributed by atoms with E-state index in [2.05, 4.69) is 4.84 Å². The largest absolute Gasteiger partial charge is 0.508 e. The molecule has 0 fully saturated rings. The van der Waals surface area contributed by atoms with Crippen LogP contribution in [0, 0.1) is 0 Å². The van der Waals surface area contributed by atoms with Gasteiger partial charge in [0.05, 0.1) is 11.5 Å². The summed E-state index contributed by atoms with van der Waals surface area (Å²) in [5.41, 5.74) is 0.503. The van der Waals surface area contributed by atoms with Gasteiger partial charge in [-0.3, -0.25) is 0 Å². The van der Waals surface area contributed by atoms with Crippen molar-refractivity contribution in [1.29, 1.82) is 0 Å². The van der Waals surface area contributed by atoms with Crippen LogP contribution < -0.4 is 5.90 Å². The third-order valence-corrected chi connectivity index (χ3v) is 3.08. The van der Waals surface area contributed by atoms with Crippen LogP contribution in [0.15, 0.2) is 23.1 Å². The number of aromatic hydroxyl groups is 1. The van der Waals surface area contributed by atoms with Gasteiger partial charge in [-0.1, -0.05) is 0 Å². The van der Waals surface area contributed by atoms with E-state index in [-0.39, 0.29) is 17.3 Å². The first kappa shape index (κ1) is 12.0. The molecule has 0 saturated carbocycles. The lowest BCUT2D eigenvalue weighted by Crippen LogP contribution is -2.05. The molecule has 0 aliphatic heterocycles. The molecule has 0 aliphatic carbocycles. The lowest BCUT2D eigenvalue weighted by atomic mass is 10.1. The van der Waals surface area contributed by atoms with Crippen molar-refractivity contribution in [1.82, 2.24) is 0 Å². The van der Waals surface area contributed by atoms with Gasteiger partial charge in [-0.15, -0.1) is 0 Å². The fourth-order valence-corrected chi connectivity index (χ4v) is 1.83. The van der Waals surface area contributed by atoms with E-state index in [1.165, 1.54) is 18.2 Å². The predicted molar refractivity (Wildman–Crippen MR) is 55.1 cm³/mol. The van der Waals surface area contributed by atoms with E-state index >= 15 is 0 Å². The first-order valence-electron chi connectivity index (χ1n) is 4.29. The Balaban J connectivity index is 3.06. The number of hydrogen-bond donors (Lipinski definition) is 2. The number of nitrogens with two attached hydrogens (primary N) is 1. The molecule has 0 amide bonds.